The van der Waals surface area contributed by atoms with Crippen molar-refractivity contribution in [1.82, 2.24) is 9.66 Å². The first-order chi connectivity index (χ1) is 12.5. The predicted molar refractivity (Wildman–Crippen MR) is 108 cm³/mol. The third kappa shape index (κ3) is 4.26. The summed E-state index contributed by atoms with van der Waals surface area (Å²) in [5.74, 6) is 1.44. The van der Waals surface area contributed by atoms with Crippen molar-refractivity contribution >= 4 is 29.3 Å². The monoisotopic (exact) mass is 367 g/mol. The Balaban J connectivity index is 1.79. The number of para-hydroxylation sites is 1. The van der Waals surface area contributed by atoms with Gasteiger partial charge in [-0.05, 0) is 66.5 Å². The number of H-pyrrole nitrogens is 1. The molecule has 0 aliphatic heterocycles. The van der Waals surface area contributed by atoms with Crippen molar-refractivity contribution in [3.05, 3.63) is 69.2 Å². The fourth-order valence-electron chi connectivity index (χ4n) is 2.44. The third-order valence-electron chi connectivity index (χ3n) is 3.95. The van der Waals surface area contributed by atoms with Crippen molar-refractivity contribution in [3.8, 4) is 5.75 Å². The van der Waals surface area contributed by atoms with Crippen molar-refractivity contribution < 1.29 is 4.74 Å². The van der Waals surface area contributed by atoms with E-state index in [1.165, 1.54) is 4.68 Å². The molecule has 6 heteroatoms. The number of ether oxygens (including phenoxy) is 1. The normalized spacial score (nSPS) is 11.5. The van der Waals surface area contributed by atoms with Gasteiger partial charge in [0.2, 0.25) is 4.77 Å². The van der Waals surface area contributed by atoms with Crippen LogP contribution < -0.4 is 10.3 Å². The summed E-state index contributed by atoms with van der Waals surface area (Å²) >= 11 is 5.25. The molecule has 26 heavy (non-hydrogen) atoms. The summed E-state index contributed by atoms with van der Waals surface area (Å²) in [6, 6.07) is 14.8. The van der Waals surface area contributed by atoms with Crippen LogP contribution in [-0.4, -0.2) is 22.5 Å². The minimum Gasteiger partial charge on any atom is -0.494 e. The van der Waals surface area contributed by atoms with Crippen LogP contribution in [0.1, 0.15) is 25.8 Å². The number of hydrogen-bond donors (Lipinski definition) is 1. The van der Waals surface area contributed by atoms with E-state index in [4.69, 9.17) is 17.0 Å². The number of aromatic amines is 1. The van der Waals surface area contributed by atoms with Crippen LogP contribution in [0.4, 0.5) is 0 Å². The number of rotatable bonds is 6. The number of nitrogens with zero attached hydrogens (tertiary/aromatic N) is 2. The summed E-state index contributed by atoms with van der Waals surface area (Å²) in [7, 11) is 0. The van der Waals surface area contributed by atoms with Crippen LogP contribution in [0, 0.1) is 10.7 Å². The topological polar surface area (TPSA) is 59.4 Å². The van der Waals surface area contributed by atoms with Gasteiger partial charge in [-0.2, -0.15) is 9.78 Å². The minimum atomic E-state index is -0.241. The number of benzene rings is 2. The minimum absolute atomic E-state index is 0.241. The Morgan fingerprint density at radius 3 is 2.65 bits per heavy atom. The molecule has 0 saturated carbocycles. The molecule has 1 heterocycles. The largest absolute Gasteiger partial charge is 0.494 e. The van der Waals surface area contributed by atoms with Gasteiger partial charge < -0.3 is 9.72 Å². The Morgan fingerprint density at radius 1 is 1.19 bits per heavy atom. The third-order valence-corrected chi connectivity index (χ3v) is 4.23. The first kappa shape index (κ1) is 18.1. The molecule has 0 saturated heterocycles. The van der Waals surface area contributed by atoms with Gasteiger partial charge in [0.25, 0.3) is 5.56 Å². The van der Waals surface area contributed by atoms with Gasteiger partial charge in [0.05, 0.1) is 23.7 Å². The van der Waals surface area contributed by atoms with Crippen LogP contribution in [0.5, 0.6) is 5.75 Å². The van der Waals surface area contributed by atoms with Gasteiger partial charge in [0, 0.05) is 0 Å². The maximum atomic E-state index is 12.5. The predicted octanol–water partition coefficient (Wildman–Crippen LogP) is 4.37. The van der Waals surface area contributed by atoms with Crippen LogP contribution in [0.25, 0.3) is 10.9 Å². The molecule has 0 spiro atoms. The highest BCUT2D eigenvalue weighted by molar-refractivity contribution is 7.71. The lowest BCUT2D eigenvalue weighted by atomic mass is 10.1. The average Bonchev–Trinajstić information content (AvgIpc) is 2.62. The Morgan fingerprint density at radius 2 is 1.92 bits per heavy atom. The summed E-state index contributed by atoms with van der Waals surface area (Å²) in [5.41, 5.74) is 1.32. The van der Waals surface area contributed by atoms with Gasteiger partial charge >= 0.3 is 0 Å². The lowest BCUT2D eigenvalue weighted by Crippen LogP contribution is -2.18. The van der Waals surface area contributed by atoms with Crippen LogP contribution in [-0.2, 0) is 0 Å². The smallest absolute Gasteiger partial charge is 0.282 e. The molecular formula is C20H21N3O2S. The van der Waals surface area contributed by atoms with Crippen molar-refractivity contribution in [1.29, 1.82) is 0 Å². The second kappa shape index (κ2) is 8.10. The standard InChI is InChI=1S/C20H21N3O2S/c1-14(2)11-12-25-16-9-7-15(8-10-16)13-21-23-19(24)17-5-3-4-6-18(17)22-20(23)26/h3-10,13-14H,11-12H2,1-2H3,(H,22,26)/b21-13-. The molecule has 1 N–H and O–H groups in total. The van der Waals surface area contributed by atoms with E-state index in [0.717, 1.165) is 17.7 Å². The quantitative estimate of drug-likeness (QED) is 0.520. The van der Waals surface area contributed by atoms with Gasteiger partial charge in [-0.25, -0.2) is 0 Å². The lowest BCUT2D eigenvalue weighted by Gasteiger charge is -2.08. The van der Waals surface area contributed by atoms with Gasteiger partial charge in [-0.3, -0.25) is 4.79 Å². The maximum absolute atomic E-state index is 12.5. The number of nitrogens with one attached hydrogen (secondary N) is 1. The van der Waals surface area contributed by atoms with Crippen molar-refractivity contribution in [3.63, 3.8) is 0 Å². The van der Waals surface area contributed by atoms with Crippen molar-refractivity contribution in [2.75, 3.05) is 6.61 Å². The number of hydrogen-bond acceptors (Lipinski definition) is 4. The van der Waals surface area contributed by atoms with Gasteiger partial charge in [0.15, 0.2) is 0 Å². The van der Waals surface area contributed by atoms with Crippen LogP contribution >= 0.6 is 12.2 Å². The summed E-state index contributed by atoms with van der Waals surface area (Å²) < 4.78 is 7.16. The van der Waals surface area contributed by atoms with Gasteiger partial charge in [-0.1, -0.05) is 26.0 Å². The first-order valence-corrected chi connectivity index (χ1v) is 8.97. The zero-order chi connectivity index (χ0) is 18.5. The highest BCUT2D eigenvalue weighted by Crippen LogP contribution is 2.12. The maximum Gasteiger partial charge on any atom is 0.282 e. The molecule has 0 bridgehead atoms. The number of aromatic nitrogens is 2. The molecule has 0 atom stereocenters. The molecule has 0 radical (unpaired) electrons. The molecule has 2 aromatic carbocycles. The SMILES string of the molecule is CC(C)CCOc1ccc(/C=N\n2c(=S)[nH]c3ccccc3c2=O)cc1. The Labute approximate surface area is 157 Å². The molecular weight excluding hydrogens is 346 g/mol. The van der Waals surface area contributed by atoms with E-state index >= 15 is 0 Å². The zero-order valence-electron chi connectivity index (χ0n) is 14.8. The fraction of sp³-hybridized carbons (Fsp3) is 0.250. The van der Waals surface area contributed by atoms with E-state index < -0.39 is 0 Å². The van der Waals surface area contributed by atoms with Crippen LogP contribution in [0.15, 0.2) is 58.4 Å². The summed E-state index contributed by atoms with van der Waals surface area (Å²) in [6.07, 6.45) is 2.63. The Kier molecular flexibility index (Phi) is 5.63. The van der Waals surface area contributed by atoms with E-state index in [9.17, 15) is 4.79 Å². The van der Waals surface area contributed by atoms with E-state index in [-0.39, 0.29) is 10.3 Å². The molecule has 0 aliphatic rings. The van der Waals surface area contributed by atoms with Gasteiger partial charge in [0.1, 0.15) is 5.75 Å². The van der Waals surface area contributed by atoms with Crippen molar-refractivity contribution in [2.45, 2.75) is 20.3 Å². The average molecular weight is 367 g/mol. The number of fused-ring (bicyclic) bond motifs is 1. The van der Waals surface area contributed by atoms with E-state index in [0.29, 0.717) is 23.4 Å². The second-order valence-electron chi connectivity index (χ2n) is 6.44. The Bertz CT molecular complexity index is 1030. The highest BCUT2D eigenvalue weighted by atomic mass is 32.1. The molecule has 0 fully saturated rings. The molecule has 134 valence electrons. The Hall–Kier alpha value is -2.73. The lowest BCUT2D eigenvalue weighted by molar-refractivity contribution is 0.289. The summed E-state index contributed by atoms with van der Waals surface area (Å²) in [6.45, 7) is 5.04. The second-order valence-corrected chi connectivity index (χ2v) is 6.82. The summed E-state index contributed by atoms with van der Waals surface area (Å²) in [4.78, 5) is 15.6. The molecule has 3 aromatic rings. The van der Waals surface area contributed by atoms with E-state index in [1.807, 2.05) is 42.5 Å². The first-order valence-electron chi connectivity index (χ1n) is 8.56. The zero-order valence-corrected chi connectivity index (χ0v) is 15.6. The molecule has 1 aromatic heterocycles. The van der Waals surface area contributed by atoms with E-state index in [2.05, 4.69) is 23.9 Å². The molecule has 0 unspecified atom stereocenters. The van der Waals surface area contributed by atoms with Crippen LogP contribution in [0.3, 0.4) is 0 Å². The fourth-order valence-corrected chi connectivity index (χ4v) is 2.68. The van der Waals surface area contributed by atoms with E-state index in [1.54, 1.807) is 12.3 Å². The van der Waals surface area contributed by atoms with Crippen molar-refractivity contribution in [2.24, 2.45) is 11.0 Å². The van der Waals surface area contributed by atoms with Gasteiger partial charge in [-0.15, -0.1) is 0 Å². The highest BCUT2D eigenvalue weighted by Gasteiger charge is 2.03. The summed E-state index contributed by atoms with van der Waals surface area (Å²) in [5, 5.41) is 4.79. The van der Waals surface area contributed by atoms with Crippen LogP contribution in [0.2, 0.25) is 0 Å². The molecule has 3 rings (SSSR count). The molecule has 0 aliphatic carbocycles. The molecule has 0 amide bonds. The molecule has 5 nitrogen and oxygen atoms in total.